The predicted molar refractivity (Wildman–Crippen MR) is 100 cm³/mol. The topological polar surface area (TPSA) is 70.7 Å². The molecule has 0 fully saturated rings. The second-order valence-corrected chi connectivity index (χ2v) is 7.72. The standard InChI is InChI=1S/C19H20F2N4OS/c1-10-15(24-11(2)23-10)8-22-18(26)19(3,4)16-9-27-17(25-16)13-7-12(20)5-6-14(13)21/h5-7,9H,8H2,1-4H3,(H,22,26)(H,23,24). The van der Waals surface area contributed by atoms with Gasteiger partial charge in [0.25, 0.3) is 0 Å². The van der Waals surface area contributed by atoms with Crippen LogP contribution >= 0.6 is 11.3 Å². The van der Waals surface area contributed by atoms with Gasteiger partial charge in [0.05, 0.1) is 23.3 Å². The molecule has 8 heteroatoms. The van der Waals surface area contributed by atoms with Crippen LogP contribution in [0.3, 0.4) is 0 Å². The molecule has 0 unspecified atom stereocenters. The number of aryl methyl sites for hydroxylation is 2. The number of imidazole rings is 1. The van der Waals surface area contributed by atoms with E-state index in [4.69, 9.17) is 0 Å². The molecule has 0 saturated carbocycles. The van der Waals surface area contributed by atoms with Gasteiger partial charge < -0.3 is 10.3 Å². The molecule has 0 atom stereocenters. The van der Waals surface area contributed by atoms with Gasteiger partial charge >= 0.3 is 0 Å². The highest BCUT2D eigenvalue weighted by Gasteiger charge is 2.32. The monoisotopic (exact) mass is 390 g/mol. The summed E-state index contributed by atoms with van der Waals surface area (Å²) < 4.78 is 27.4. The molecule has 3 aromatic rings. The summed E-state index contributed by atoms with van der Waals surface area (Å²) in [4.78, 5) is 24.5. The number of nitrogens with zero attached hydrogens (tertiary/aromatic N) is 2. The predicted octanol–water partition coefficient (Wildman–Crippen LogP) is 4.02. The van der Waals surface area contributed by atoms with Gasteiger partial charge in [-0.25, -0.2) is 18.7 Å². The van der Waals surface area contributed by atoms with Gasteiger partial charge in [0.2, 0.25) is 5.91 Å². The van der Waals surface area contributed by atoms with Crippen LogP contribution < -0.4 is 5.32 Å². The SMILES string of the molecule is Cc1nc(CNC(=O)C(C)(C)c2csc(-c3cc(F)ccc3F)n2)c(C)[nH]1. The van der Waals surface area contributed by atoms with Crippen molar-refractivity contribution in [1.29, 1.82) is 0 Å². The molecule has 2 aromatic heterocycles. The van der Waals surface area contributed by atoms with Crippen LogP contribution in [-0.4, -0.2) is 20.9 Å². The zero-order valence-corrected chi connectivity index (χ0v) is 16.3. The van der Waals surface area contributed by atoms with Crippen LogP contribution in [0.1, 0.15) is 36.8 Å². The van der Waals surface area contributed by atoms with Crippen molar-refractivity contribution in [3.63, 3.8) is 0 Å². The number of carbonyl (C=O) groups is 1. The third-order valence-electron chi connectivity index (χ3n) is 4.39. The Morgan fingerprint density at radius 1 is 1.26 bits per heavy atom. The lowest BCUT2D eigenvalue weighted by atomic mass is 9.89. The van der Waals surface area contributed by atoms with Crippen molar-refractivity contribution in [2.45, 2.75) is 39.7 Å². The largest absolute Gasteiger partial charge is 0.350 e. The fraction of sp³-hybridized carbons (Fsp3) is 0.316. The molecule has 0 aliphatic carbocycles. The first kappa shape index (κ1) is 19.2. The Labute approximate surface area is 159 Å². The van der Waals surface area contributed by atoms with Crippen molar-refractivity contribution < 1.29 is 13.6 Å². The summed E-state index contributed by atoms with van der Waals surface area (Å²) >= 11 is 1.17. The van der Waals surface area contributed by atoms with Crippen LogP contribution in [0.5, 0.6) is 0 Å². The maximum atomic E-state index is 14.0. The summed E-state index contributed by atoms with van der Waals surface area (Å²) in [5, 5.41) is 4.90. The van der Waals surface area contributed by atoms with E-state index in [1.165, 1.54) is 11.3 Å². The number of H-pyrrole nitrogens is 1. The summed E-state index contributed by atoms with van der Waals surface area (Å²) in [5.41, 5.74) is 1.34. The minimum atomic E-state index is -0.933. The van der Waals surface area contributed by atoms with E-state index in [-0.39, 0.29) is 11.5 Å². The van der Waals surface area contributed by atoms with Gasteiger partial charge in [-0.1, -0.05) is 0 Å². The number of carbonyl (C=O) groups excluding carboxylic acids is 1. The maximum absolute atomic E-state index is 14.0. The van der Waals surface area contributed by atoms with E-state index in [1.54, 1.807) is 19.2 Å². The van der Waals surface area contributed by atoms with Gasteiger partial charge in [-0.05, 0) is 45.9 Å². The highest BCUT2D eigenvalue weighted by atomic mass is 32.1. The molecule has 0 aliphatic heterocycles. The van der Waals surface area contributed by atoms with Crippen LogP contribution in [0.25, 0.3) is 10.6 Å². The molecule has 0 radical (unpaired) electrons. The molecule has 2 heterocycles. The number of amides is 1. The van der Waals surface area contributed by atoms with Crippen molar-refractivity contribution in [1.82, 2.24) is 20.3 Å². The highest BCUT2D eigenvalue weighted by Crippen LogP contribution is 2.32. The Bertz CT molecular complexity index is 994. The van der Waals surface area contributed by atoms with Crippen LogP contribution in [0.2, 0.25) is 0 Å². The van der Waals surface area contributed by atoms with Crippen molar-refractivity contribution >= 4 is 17.2 Å². The minimum Gasteiger partial charge on any atom is -0.350 e. The average molecular weight is 390 g/mol. The number of benzene rings is 1. The first-order valence-electron chi connectivity index (χ1n) is 8.40. The van der Waals surface area contributed by atoms with Crippen LogP contribution in [-0.2, 0) is 16.8 Å². The van der Waals surface area contributed by atoms with E-state index >= 15 is 0 Å². The number of aromatic nitrogens is 3. The maximum Gasteiger partial charge on any atom is 0.232 e. The lowest BCUT2D eigenvalue weighted by molar-refractivity contribution is -0.125. The molecule has 2 N–H and O–H groups in total. The molecule has 0 aliphatic rings. The van der Waals surface area contributed by atoms with Crippen LogP contribution in [0, 0.1) is 25.5 Å². The number of thiazole rings is 1. The smallest absolute Gasteiger partial charge is 0.232 e. The molecule has 0 bridgehead atoms. The van der Waals surface area contributed by atoms with Gasteiger partial charge in [0, 0.05) is 16.6 Å². The molecule has 1 amide bonds. The zero-order valence-electron chi connectivity index (χ0n) is 15.5. The van der Waals surface area contributed by atoms with E-state index in [1.807, 2.05) is 13.8 Å². The normalized spacial score (nSPS) is 11.6. The Hall–Kier alpha value is -2.61. The van der Waals surface area contributed by atoms with Gasteiger partial charge in [-0.15, -0.1) is 11.3 Å². The number of hydrogen-bond donors (Lipinski definition) is 2. The van der Waals surface area contributed by atoms with Gasteiger partial charge in [0.15, 0.2) is 0 Å². The zero-order chi connectivity index (χ0) is 19.8. The molecule has 5 nitrogen and oxygen atoms in total. The fourth-order valence-corrected chi connectivity index (χ4v) is 3.68. The van der Waals surface area contributed by atoms with E-state index in [9.17, 15) is 13.6 Å². The van der Waals surface area contributed by atoms with Crippen molar-refractivity contribution in [2.24, 2.45) is 0 Å². The second kappa shape index (κ2) is 7.19. The molecule has 3 rings (SSSR count). The number of aromatic amines is 1. The summed E-state index contributed by atoms with van der Waals surface area (Å²) in [6.45, 7) is 7.53. The minimum absolute atomic E-state index is 0.0880. The van der Waals surface area contributed by atoms with E-state index < -0.39 is 17.0 Å². The molecular weight excluding hydrogens is 370 g/mol. The van der Waals surface area contributed by atoms with Crippen molar-refractivity contribution in [2.75, 3.05) is 0 Å². The molecule has 27 heavy (non-hydrogen) atoms. The van der Waals surface area contributed by atoms with Crippen molar-refractivity contribution in [3.05, 3.63) is 58.1 Å². The Morgan fingerprint density at radius 3 is 2.67 bits per heavy atom. The molecular formula is C19H20F2N4OS. The average Bonchev–Trinajstić information content (AvgIpc) is 3.21. The van der Waals surface area contributed by atoms with Crippen LogP contribution in [0.15, 0.2) is 23.6 Å². The highest BCUT2D eigenvalue weighted by molar-refractivity contribution is 7.13. The Balaban J connectivity index is 1.78. The first-order valence-corrected chi connectivity index (χ1v) is 9.28. The van der Waals surface area contributed by atoms with Gasteiger partial charge in [0.1, 0.15) is 22.5 Å². The Kier molecular flexibility index (Phi) is 5.10. The molecule has 1 aromatic carbocycles. The van der Waals surface area contributed by atoms with Gasteiger partial charge in [-0.2, -0.15) is 0 Å². The second-order valence-electron chi connectivity index (χ2n) is 6.86. The molecule has 0 saturated heterocycles. The summed E-state index contributed by atoms with van der Waals surface area (Å²) in [5.74, 6) is -0.523. The molecule has 142 valence electrons. The van der Waals surface area contributed by atoms with Gasteiger partial charge in [-0.3, -0.25) is 4.79 Å². The first-order chi connectivity index (χ1) is 12.7. The third kappa shape index (κ3) is 3.90. The number of rotatable bonds is 5. The summed E-state index contributed by atoms with van der Waals surface area (Å²) in [6.07, 6.45) is 0. The van der Waals surface area contributed by atoms with Crippen molar-refractivity contribution in [3.8, 4) is 10.6 Å². The fourth-order valence-electron chi connectivity index (χ4n) is 2.68. The number of nitrogens with one attached hydrogen (secondary N) is 2. The van der Waals surface area contributed by atoms with E-state index in [0.29, 0.717) is 17.2 Å². The summed E-state index contributed by atoms with van der Waals surface area (Å²) in [6, 6.07) is 3.23. The van der Waals surface area contributed by atoms with E-state index in [0.717, 1.165) is 35.4 Å². The lowest BCUT2D eigenvalue weighted by Gasteiger charge is -2.21. The third-order valence-corrected chi connectivity index (χ3v) is 5.27. The number of hydrogen-bond acceptors (Lipinski definition) is 4. The Morgan fingerprint density at radius 2 is 2.00 bits per heavy atom. The summed E-state index contributed by atoms with van der Waals surface area (Å²) in [7, 11) is 0. The van der Waals surface area contributed by atoms with Crippen LogP contribution in [0.4, 0.5) is 8.78 Å². The lowest BCUT2D eigenvalue weighted by Crippen LogP contribution is -2.40. The van der Waals surface area contributed by atoms with E-state index in [2.05, 4.69) is 20.3 Å². The number of halogens is 2. The quantitative estimate of drug-likeness (QED) is 0.691. The molecule has 0 spiro atoms.